The van der Waals surface area contributed by atoms with Crippen molar-refractivity contribution in [2.24, 2.45) is 5.10 Å². The van der Waals surface area contributed by atoms with E-state index in [-0.39, 0.29) is 11.7 Å². The second kappa shape index (κ2) is 3.85. The maximum Gasteiger partial charge on any atom is 0.239 e. The van der Waals surface area contributed by atoms with Crippen molar-refractivity contribution in [3.05, 3.63) is 0 Å². The molecule has 0 saturated carbocycles. The fourth-order valence-corrected chi connectivity index (χ4v) is 0.366. The monoisotopic (exact) mass is 156 g/mol. The lowest BCUT2D eigenvalue weighted by Crippen LogP contribution is -2.21. The Balaban J connectivity index is 4.31. The van der Waals surface area contributed by atoms with Crippen LogP contribution in [-0.2, 0) is 9.59 Å². The maximum absolute atomic E-state index is 10.6. The predicted octanol–water partition coefficient (Wildman–Crippen LogP) is 0.430. The number of carbonyl (C=O) groups is 2. The van der Waals surface area contributed by atoms with Crippen molar-refractivity contribution in [3.8, 4) is 0 Å². The van der Waals surface area contributed by atoms with Gasteiger partial charge in [0, 0.05) is 20.9 Å². The van der Waals surface area contributed by atoms with E-state index in [9.17, 15) is 9.59 Å². The first-order chi connectivity index (χ1) is 4.95. The van der Waals surface area contributed by atoms with Crippen LogP contribution in [0.2, 0.25) is 0 Å². The molecule has 0 radical (unpaired) electrons. The zero-order valence-electron chi connectivity index (χ0n) is 7.21. The Morgan fingerprint density at radius 2 is 1.64 bits per heavy atom. The molecule has 11 heavy (non-hydrogen) atoms. The highest BCUT2D eigenvalue weighted by atomic mass is 16.2. The van der Waals surface area contributed by atoms with E-state index in [0.29, 0.717) is 5.71 Å². The van der Waals surface area contributed by atoms with Crippen LogP contribution >= 0.6 is 0 Å². The number of nitrogens with zero attached hydrogens (tertiary/aromatic N) is 2. The highest BCUT2D eigenvalue weighted by molar-refractivity contribution is 6.38. The van der Waals surface area contributed by atoms with Crippen molar-refractivity contribution in [2.75, 3.05) is 7.05 Å². The molecule has 4 heteroatoms. The van der Waals surface area contributed by atoms with Gasteiger partial charge in [0.05, 0.1) is 0 Å². The second-order valence-corrected chi connectivity index (χ2v) is 2.28. The third-order valence-electron chi connectivity index (χ3n) is 1.27. The summed E-state index contributed by atoms with van der Waals surface area (Å²) in [5.74, 6) is -0.316. The van der Waals surface area contributed by atoms with Crippen LogP contribution in [0.4, 0.5) is 0 Å². The highest BCUT2D eigenvalue weighted by Crippen LogP contribution is 1.87. The van der Waals surface area contributed by atoms with Crippen molar-refractivity contribution in [3.63, 3.8) is 0 Å². The number of rotatable bonds is 2. The molecular weight excluding hydrogens is 144 g/mol. The molecule has 0 heterocycles. The second-order valence-electron chi connectivity index (χ2n) is 2.28. The van der Waals surface area contributed by atoms with Crippen molar-refractivity contribution < 1.29 is 9.59 Å². The third-order valence-corrected chi connectivity index (χ3v) is 1.27. The zero-order chi connectivity index (χ0) is 9.02. The molecule has 0 rings (SSSR count). The SMILES string of the molecule is CC(=O)/C(C)=N/N(C)C(C)=O. The van der Waals surface area contributed by atoms with Gasteiger partial charge in [-0.25, -0.2) is 5.01 Å². The standard InChI is InChI=1S/C7H12N2O2/c1-5(6(2)10)8-9(4)7(3)11/h1-4H3/b8-5+. The molecule has 0 spiro atoms. The van der Waals surface area contributed by atoms with Crippen LogP contribution in [0.15, 0.2) is 5.10 Å². The zero-order valence-corrected chi connectivity index (χ0v) is 7.21. The molecule has 0 aromatic rings. The minimum atomic E-state index is -0.189. The van der Waals surface area contributed by atoms with Gasteiger partial charge < -0.3 is 0 Å². The Morgan fingerprint density at radius 3 is 1.91 bits per heavy atom. The molecule has 0 saturated heterocycles. The molecule has 0 atom stereocenters. The quantitative estimate of drug-likeness (QED) is 0.430. The Morgan fingerprint density at radius 1 is 1.18 bits per heavy atom. The minimum absolute atomic E-state index is 0.127. The molecule has 0 unspecified atom stereocenters. The van der Waals surface area contributed by atoms with Gasteiger partial charge in [0.15, 0.2) is 5.78 Å². The molecule has 0 aliphatic heterocycles. The number of amides is 1. The molecular formula is C7H12N2O2. The first kappa shape index (κ1) is 9.81. The lowest BCUT2D eigenvalue weighted by Gasteiger charge is -2.07. The summed E-state index contributed by atoms with van der Waals surface area (Å²) in [5, 5.41) is 4.86. The summed E-state index contributed by atoms with van der Waals surface area (Å²) >= 11 is 0. The molecule has 0 aliphatic rings. The maximum atomic E-state index is 10.6. The molecule has 0 N–H and O–H groups in total. The van der Waals surface area contributed by atoms with Crippen molar-refractivity contribution >= 4 is 17.4 Å². The third kappa shape index (κ3) is 3.50. The molecule has 0 aromatic carbocycles. The van der Waals surface area contributed by atoms with Gasteiger partial charge in [-0.1, -0.05) is 0 Å². The Kier molecular flexibility index (Phi) is 3.44. The smallest absolute Gasteiger partial charge is 0.239 e. The Bertz CT molecular complexity index is 208. The van der Waals surface area contributed by atoms with Crippen molar-refractivity contribution in [1.29, 1.82) is 0 Å². The molecule has 0 aliphatic carbocycles. The van der Waals surface area contributed by atoms with Gasteiger partial charge in [-0.05, 0) is 6.92 Å². The Labute approximate surface area is 65.9 Å². The summed E-state index contributed by atoms with van der Waals surface area (Å²) in [6.07, 6.45) is 0. The van der Waals surface area contributed by atoms with Crippen LogP contribution in [0.3, 0.4) is 0 Å². The molecule has 4 nitrogen and oxygen atoms in total. The summed E-state index contributed by atoms with van der Waals surface area (Å²) in [4.78, 5) is 21.2. The van der Waals surface area contributed by atoms with E-state index in [1.807, 2.05) is 0 Å². The summed E-state index contributed by atoms with van der Waals surface area (Å²) in [6, 6.07) is 0. The normalized spacial score (nSPS) is 11.1. The molecule has 62 valence electrons. The van der Waals surface area contributed by atoms with E-state index < -0.39 is 0 Å². The number of ketones is 1. The summed E-state index contributed by atoms with van der Waals surface area (Å²) in [7, 11) is 1.51. The Hall–Kier alpha value is -1.19. The number of hydrogen-bond acceptors (Lipinski definition) is 3. The summed E-state index contributed by atoms with van der Waals surface area (Å²) in [5.41, 5.74) is 0.336. The van der Waals surface area contributed by atoms with E-state index in [1.165, 1.54) is 20.9 Å². The summed E-state index contributed by atoms with van der Waals surface area (Å²) < 4.78 is 0. The van der Waals surface area contributed by atoms with Gasteiger partial charge in [0.2, 0.25) is 5.91 Å². The molecule has 1 amide bonds. The van der Waals surface area contributed by atoms with E-state index in [0.717, 1.165) is 5.01 Å². The first-order valence-electron chi connectivity index (χ1n) is 3.25. The number of carbonyl (C=O) groups excluding carboxylic acids is 2. The summed E-state index contributed by atoms with van der Waals surface area (Å²) in [6.45, 7) is 4.37. The van der Waals surface area contributed by atoms with E-state index in [2.05, 4.69) is 5.10 Å². The van der Waals surface area contributed by atoms with Crippen LogP contribution < -0.4 is 0 Å². The van der Waals surface area contributed by atoms with Crippen LogP contribution in [0, 0.1) is 0 Å². The molecule has 0 bridgehead atoms. The number of hydrogen-bond donors (Lipinski definition) is 0. The van der Waals surface area contributed by atoms with Gasteiger partial charge in [-0.2, -0.15) is 5.10 Å². The topological polar surface area (TPSA) is 49.7 Å². The van der Waals surface area contributed by atoms with Gasteiger partial charge in [0.1, 0.15) is 5.71 Å². The van der Waals surface area contributed by atoms with Crippen LogP contribution in [0.5, 0.6) is 0 Å². The van der Waals surface area contributed by atoms with Crippen LogP contribution in [-0.4, -0.2) is 29.5 Å². The molecule has 0 aromatic heterocycles. The fraction of sp³-hybridized carbons (Fsp3) is 0.571. The van der Waals surface area contributed by atoms with E-state index in [4.69, 9.17) is 0 Å². The first-order valence-corrected chi connectivity index (χ1v) is 3.25. The number of Topliss-reactive ketones (excluding diaryl/α,β-unsaturated/α-hetero) is 1. The predicted molar refractivity (Wildman–Crippen MR) is 42.2 cm³/mol. The largest absolute Gasteiger partial charge is 0.293 e. The fourth-order valence-electron chi connectivity index (χ4n) is 0.366. The average Bonchev–Trinajstić information content (AvgIpc) is 1.87. The average molecular weight is 156 g/mol. The van der Waals surface area contributed by atoms with Crippen LogP contribution in [0.25, 0.3) is 0 Å². The van der Waals surface area contributed by atoms with Crippen molar-refractivity contribution in [2.45, 2.75) is 20.8 Å². The minimum Gasteiger partial charge on any atom is -0.293 e. The van der Waals surface area contributed by atoms with Gasteiger partial charge >= 0.3 is 0 Å². The van der Waals surface area contributed by atoms with Gasteiger partial charge in [-0.15, -0.1) is 0 Å². The highest BCUT2D eigenvalue weighted by Gasteiger charge is 2.02. The lowest BCUT2D eigenvalue weighted by molar-refractivity contribution is -0.127. The van der Waals surface area contributed by atoms with E-state index >= 15 is 0 Å². The molecule has 0 fully saturated rings. The van der Waals surface area contributed by atoms with Gasteiger partial charge in [0.25, 0.3) is 0 Å². The lowest BCUT2D eigenvalue weighted by atomic mass is 10.3. The van der Waals surface area contributed by atoms with E-state index in [1.54, 1.807) is 6.92 Å². The van der Waals surface area contributed by atoms with Gasteiger partial charge in [-0.3, -0.25) is 9.59 Å². The number of hydrazone groups is 1. The van der Waals surface area contributed by atoms with Crippen LogP contribution in [0.1, 0.15) is 20.8 Å². The van der Waals surface area contributed by atoms with Crippen molar-refractivity contribution in [1.82, 2.24) is 5.01 Å².